The summed E-state index contributed by atoms with van der Waals surface area (Å²) >= 11 is 16.7. The summed E-state index contributed by atoms with van der Waals surface area (Å²) in [7, 11) is 1.21. The largest absolute Gasteiger partial charge is 0.497 e. The second-order valence-corrected chi connectivity index (χ2v) is 33.2. The number of sulfonamides is 1. The van der Waals surface area contributed by atoms with Crippen molar-refractivity contribution in [3.63, 3.8) is 0 Å². The second kappa shape index (κ2) is 51.7. The van der Waals surface area contributed by atoms with Crippen LogP contribution in [0, 0.1) is 27.7 Å². The van der Waals surface area contributed by atoms with Crippen molar-refractivity contribution in [3.05, 3.63) is 320 Å². The molecule has 10 aromatic carbocycles. The van der Waals surface area contributed by atoms with E-state index in [1.807, 2.05) is 150 Å². The van der Waals surface area contributed by atoms with E-state index in [4.69, 9.17) is 51.5 Å². The van der Waals surface area contributed by atoms with E-state index in [0.29, 0.717) is 54.6 Å². The Morgan fingerprint density at radius 2 is 0.974 bits per heavy atom. The van der Waals surface area contributed by atoms with E-state index in [0.717, 1.165) is 57.8 Å². The summed E-state index contributed by atoms with van der Waals surface area (Å²) in [6, 6.07) is 64.3. The third-order valence-corrected chi connectivity index (χ3v) is 22.5. The van der Waals surface area contributed by atoms with Gasteiger partial charge in [-0.1, -0.05) is 219 Å². The Kier molecular flexibility index (Phi) is 45.3. The molecule has 6 N–H and O–H groups in total. The van der Waals surface area contributed by atoms with Gasteiger partial charge >= 0.3 is 7.12 Å². The minimum absolute atomic E-state index is 0. The molecule has 0 aliphatic rings. The number of hydrogen-bond acceptors (Lipinski definition) is 15. The Bertz CT molecular complexity index is 5190. The molecule has 32 heteroatoms. The van der Waals surface area contributed by atoms with Crippen LogP contribution in [-0.4, -0.2) is 78.0 Å². The van der Waals surface area contributed by atoms with Gasteiger partial charge in [0.15, 0.2) is 0 Å². The van der Waals surface area contributed by atoms with Crippen molar-refractivity contribution in [1.29, 1.82) is 0 Å². The Hall–Kier alpha value is -8.48. The van der Waals surface area contributed by atoms with Gasteiger partial charge in [0, 0.05) is 106 Å². The van der Waals surface area contributed by atoms with Crippen LogP contribution in [0.2, 0.25) is 0 Å². The summed E-state index contributed by atoms with van der Waals surface area (Å²) in [5, 5.41) is 31.6. The van der Waals surface area contributed by atoms with E-state index in [2.05, 4.69) is 237 Å². The molecule has 0 aliphatic heterocycles. The zero-order chi connectivity index (χ0) is 84.4. The fraction of sp³-hybridized carbons (Fsp3) is 0.214. The second-order valence-electron chi connectivity index (χ2n) is 25.5. The van der Waals surface area contributed by atoms with E-state index in [9.17, 15) is 18.5 Å². The summed E-state index contributed by atoms with van der Waals surface area (Å²) in [5.41, 5.74) is 43.4. The zero-order valence-electron chi connectivity index (χ0n) is 65.2. The summed E-state index contributed by atoms with van der Waals surface area (Å²) in [6.07, 6.45) is 9.24. The number of nitro groups is 1. The van der Waals surface area contributed by atoms with Crippen LogP contribution in [-0.2, 0) is 27.1 Å². The molecular weight excluding hydrogens is 2070 g/mol. The number of rotatable bonds is 17. The number of aryl methyl sites for hydroxylation is 1. The van der Waals surface area contributed by atoms with Crippen molar-refractivity contribution in [3.8, 4) is 56.6 Å². The van der Waals surface area contributed by atoms with Crippen LogP contribution in [0.3, 0.4) is 0 Å². The van der Waals surface area contributed by atoms with Crippen LogP contribution in [0.25, 0.3) is 54.5 Å². The third-order valence-electron chi connectivity index (χ3n) is 16.4. The molecule has 23 nitrogen and oxygen atoms in total. The fourth-order valence-electron chi connectivity index (χ4n) is 10.6. The number of nitrogens with two attached hydrogens (primary N) is 2. The number of halogens is 6. The first-order chi connectivity index (χ1) is 54.3. The maximum atomic E-state index is 11.1. The van der Waals surface area contributed by atoms with Crippen molar-refractivity contribution in [1.82, 2.24) is 19.1 Å². The molecule has 12 rings (SSSR count). The number of aromatic nitrogens is 4. The molecule has 12 aromatic rings. The number of ether oxygens (including phenoxy) is 4. The molecule has 0 unspecified atom stereocenters. The minimum Gasteiger partial charge on any atom is -0.497 e. The van der Waals surface area contributed by atoms with Gasteiger partial charge in [0.2, 0.25) is 5.95 Å². The summed E-state index contributed by atoms with van der Waals surface area (Å²) in [6.45, 7) is 19.4. The number of nitro benzene ring substituents is 1. The number of imidazole rings is 2. The van der Waals surface area contributed by atoms with Gasteiger partial charge < -0.3 is 45.0 Å². The topological polar surface area (TPSA) is 340 Å². The molecule has 2 aromatic heterocycles. The minimum atomic E-state index is -3.82. The average molecular weight is 2160 g/mol. The molecule has 116 heavy (non-hydrogen) atoms. The van der Waals surface area contributed by atoms with E-state index in [1.54, 1.807) is 70.0 Å². The van der Waals surface area contributed by atoms with Crippen LogP contribution < -0.4 is 35.9 Å². The molecule has 0 atom stereocenters. The predicted molar refractivity (Wildman–Crippen MR) is 502 cm³/mol. The molecule has 0 amide bonds. The van der Waals surface area contributed by atoms with E-state index in [1.165, 1.54) is 67.9 Å². The van der Waals surface area contributed by atoms with Crippen LogP contribution in [0.5, 0.6) is 23.0 Å². The maximum Gasteiger partial charge on any atom is 0.489 e. The quantitative estimate of drug-likeness (QED) is 0.00962. The van der Waals surface area contributed by atoms with Gasteiger partial charge in [-0.3, -0.25) is 14.7 Å². The van der Waals surface area contributed by atoms with Crippen molar-refractivity contribution < 1.29 is 59.4 Å². The number of anilines is 2. The standard InChI is InChI=1S/C15H19N5.C15H20N2.C13H10BrIO.C13H12BrNO.C7H6INO3.C7H8INO.C7H7N3O2S.C6H6BBrO2.CH4.Fe/c1-10(2)12-6-5-7-13(11(3)4)14(12)20-9-8-17-15(20)18-19-16;1-11(2)13-6-5-7-14(12(3)4)15(13)17-9-8-16-10-17;2*1-16-9-6-7-11(13(15)8-9)10-4-2-3-5-12(10)14;1-12-5-2-3-6(8)7(4-5)9(10)11;1-10-5-2-3-6(8)7(9)4-5;1-6-2-4-7(5-3-6)13(11,12)10-9-8;8-6-4-2-1-3-5(6)7(9)10;;/h5-11H,1-4H3;5-12H,1-4H3;2-8H,1H3;2-8H,15H2,1H3;2-4H,1H3;2-4H,9H2,1H3;2-5H,1H3;1-4,9-10H;1H4;. The van der Waals surface area contributed by atoms with Crippen molar-refractivity contribution in [2.24, 2.45) is 9.63 Å². The number of nitrogen functional groups attached to an aromatic ring is 2. The molecule has 0 bridgehead atoms. The monoisotopic (exact) mass is 2160 g/mol. The predicted octanol–water partition coefficient (Wildman–Crippen LogP) is 24.5. The first kappa shape index (κ1) is 102. The third kappa shape index (κ3) is 31.1. The number of nitrogens with zero attached hydrogens (tertiary/aromatic N) is 11. The first-order valence-electron chi connectivity index (χ1n) is 34.9. The van der Waals surface area contributed by atoms with Gasteiger partial charge in [-0.25, -0.2) is 18.4 Å². The summed E-state index contributed by atoms with van der Waals surface area (Å²) in [5.74, 6) is 5.14. The van der Waals surface area contributed by atoms with Crippen LogP contribution in [0.4, 0.5) is 23.0 Å². The molecule has 0 spiro atoms. The Morgan fingerprint density at radius 3 is 1.39 bits per heavy atom. The average Bonchev–Trinajstić information content (AvgIpc) is 1.73. The Balaban J connectivity index is 0.000000345. The summed E-state index contributed by atoms with van der Waals surface area (Å²) < 4.78 is 54.8. The number of benzene rings is 10. The van der Waals surface area contributed by atoms with Gasteiger partial charge in [-0.15, -0.1) is 0 Å². The van der Waals surface area contributed by atoms with Crippen LogP contribution in [0.1, 0.15) is 114 Å². The molecule has 0 saturated heterocycles. The maximum absolute atomic E-state index is 11.1. The van der Waals surface area contributed by atoms with Crippen molar-refractivity contribution >= 4 is 161 Å². The van der Waals surface area contributed by atoms with E-state index in [-0.39, 0.29) is 35.1 Å². The number of azide groups is 2. The fourth-order valence-corrected chi connectivity index (χ4v) is 14.4. The Morgan fingerprint density at radius 1 is 0.534 bits per heavy atom. The van der Waals surface area contributed by atoms with Crippen molar-refractivity contribution in [2.75, 3.05) is 39.9 Å². The SMILES string of the molecule is C.CC(C)c1cccc(C(C)C)c1-n1ccnc1.CC(C)c1cccc(C(C)C)c1-n1ccnc1N=[N+]=[N-].COc1ccc(-c2ccccc2Br)c(I)c1.COc1ccc(-c2ccccc2Br)c(N)c1.COc1ccc(I)c(N)c1.COc1ccc(I)c([N+](=O)[O-])c1.Cc1ccc(S(=O)(=O)N=[N+]=[N-])cc1.OB(O)c1ccccc1Br.[Fe]. The van der Waals surface area contributed by atoms with Gasteiger partial charge in [-0.2, -0.15) is 0 Å². The van der Waals surface area contributed by atoms with Crippen molar-refractivity contribution in [2.45, 2.75) is 98.3 Å². The normalized spacial score (nSPS) is 10.1. The van der Waals surface area contributed by atoms with Gasteiger partial charge in [0.05, 0.1) is 65.6 Å². The summed E-state index contributed by atoms with van der Waals surface area (Å²) in [4.78, 5) is 23.4. The zero-order valence-corrected chi connectivity index (χ0v) is 78.3. The number of methoxy groups -OCH3 is 4. The molecule has 0 fully saturated rings. The number of para-hydroxylation sites is 2. The number of hydrogen-bond donors (Lipinski definition) is 4. The molecule has 0 saturated carbocycles. The van der Waals surface area contributed by atoms with E-state index < -0.39 is 22.1 Å². The molecular formula is C84H92BBr3FeI3N13O10S. The van der Waals surface area contributed by atoms with Gasteiger partial charge in [-0.05, 0) is 244 Å². The van der Waals surface area contributed by atoms with Crippen LogP contribution in [0.15, 0.2) is 265 Å². The van der Waals surface area contributed by atoms with Crippen LogP contribution >= 0.6 is 116 Å². The van der Waals surface area contributed by atoms with Gasteiger partial charge in [0.1, 0.15) is 23.0 Å². The molecule has 0 aliphatic carbocycles. The van der Waals surface area contributed by atoms with Gasteiger partial charge in [0.25, 0.3) is 15.7 Å². The molecule has 0 radical (unpaired) electrons. The smallest absolute Gasteiger partial charge is 0.489 e. The van der Waals surface area contributed by atoms with E-state index >= 15 is 0 Å². The Labute approximate surface area is 756 Å². The molecule has 2 heterocycles. The molecule has 612 valence electrons. The first-order valence-corrected chi connectivity index (χ1v) is 42.0.